The standard InChI is InChI=1S/C11H9ClN4O2/c12-9-10(7-1-3-8(17)4-2-7)16(11(9)18)15-5-13-14-6-15/h1-6,9-10,17H. The van der Waals surface area contributed by atoms with Crippen LogP contribution in [-0.2, 0) is 4.79 Å². The number of β-lactam (4-membered cyclic amide) rings is 1. The fourth-order valence-corrected chi connectivity index (χ4v) is 2.34. The number of hydrogen-bond donors (Lipinski definition) is 1. The lowest BCUT2D eigenvalue weighted by Gasteiger charge is -2.43. The SMILES string of the molecule is O=C1C(Cl)C(c2ccc(O)cc2)N1n1cnnc1. The van der Waals surface area contributed by atoms with Gasteiger partial charge in [0.2, 0.25) is 0 Å². The summed E-state index contributed by atoms with van der Waals surface area (Å²) >= 11 is 6.04. The van der Waals surface area contributed by atoms with Gasteiger partial charge in [0.15, 0.2) is 0 Å². The highest BCUT2D eigenvalue weighted by Gasteiger charge is 2.48. The van der Waals surface area contributed by atoms with E-state index in [2.05, 4.69) is 10.2 Å². The third-order valence-electron chi connectivity index (χ3n) is 2.89. The van der Waals surface area contributed by atoms with Crippen molar-refractivity contribution >= 4 is 17.5 Å². The summed E-state index contributed by atoms with van der Waals surface area (Å²) in [5, 5.41) is 17.4. The average Bonchev–Trinajstić information content (AvgIpc) is 2.89. The van der Waals surface area contributed by atoms with Crippen LogP contribution >= 0.6 is 11.6 Å². The average molecular weight is 265 g/mol. The molecule has 0 radical (unpaired) electrons. The van der Waals surface area contributed by atoms with Gasteiger partial charge < -0.3 is 5.11 Å². The zero-order valence-corrected chi connectivity index (χ0v) is 9.90. The smallest absolute Gasteiger partial charge is 0.262 e. The second-order valence-electron chi connectivity index (χ2n) is 3.96. The number of nitrogens with zero attached hydrogens (tertiary/aromatic N) is 4. The molecule has 1 fully saturated rings. The summed E-state index contributed by atoms with van der Waals surface area (Å²) < 4.78 is 1.50. The number of phenolic OH excluding ortho intramolecular Hbond substituents is 1. The van der Waals surface area contributed by atoms with Gasteiger partial charge in [-0.05, 0) is 17.7 Å². The lowest BCUT2D eigenvalue weighted by atomic mass is 9.95. The molecule has 7 heteroatoms. The molecule has 1 aromatic carbocycles. The fourth-order valence-electron chi connectivity index (χ4n) is 1.99. The van der Waals surface area contributed by atoms with E-state index in [1.54, 1.807) is 24.3 Å². The Hall–Kier alpha value is -2.08. The number of halogens is 1. The summed E-state index contributed by atoms with van der Waals surface area (Å²) in [6.07, 6.45) is 2.88. The Morgan fingerprint density at radius 2 is 1.78 bits per heavy atom. The first-order chi connectivity index (χ1) is 8.68. The minimum absolute atomic E-state index is 0.173. The molecule has 2 unspecified atom stereocenters. The molecule has 18 heavy (non-hydrogen) atoms. The number of benzene rings is 1. The van der Waals surface area contributed by atoms with E-state index in [0.717, 1.165) is 5.56 Å². The van der Waals surface area contributed by atoms with E-state index >= 15 is 0 Å². The Morgan fingerprint density at radius 3 is 2.39 bits per heavy atom. The van der Waals surface area contributed by atoms with Gasteiger partial charge in [-0.25, -0.2) is 9.69 Å². The molecule has 1 N–H and O–H groups in total. The molecule has 6 nitrogen and oxygen atoms in total. The van der Waals surface area contributed by atoms with E-state index in [1.165, 1.54) is 22.3 Å². The highest BCUT2D eigenvalue weighted by atomic mass is 35.5. The quantitative estimate of drug-likeness (QED) is 0.644. The molecule has 2 aromatic rings. The van der Waals surface area contributed by atoms with Gasteiger partial charge in [0, 0.05) is 0 Å². The summed E-state index contributed by atoms with van der Waals surface area (Å²) in [6, 6.07) is 6.31. The van der Waals surface area contributed by atoms with Crippen molar-refractivity contribution in [2.75, 3.05) is 5.01 Å². The number of phenols is 1. The van der Waals surface area contributed by atoms with Gasteiger partial charge in [-0.15, -0.1) is 21.8 Å². The monoisotopic (exact) mass is 264 g/mol. The zero-order chi connectivity index (χ0) is 12.7. The number of alkyl halides is 1. The fraction of sp³-hybridized carbons (Fsp3) is 0.182. The first-order valence-corrected chi connectivity index (χ1v) is 5.73. The molecule has 1 aromatic heterocycles. The van der Waals surface area contributed by atoms with Gasteiger partial charge in [0.1, 0.15) is 29.8 Å². The molecule has 3 rings (SSSR count). The second kappa shape index (κ2) is 3.99. The third-order valence-corrected chi connectivity index (χ3v) is 3.32. The number of aromatic hydroxyl groups is 1. The van der Waals surface area contributed by atoms with E-state index in [1.807, 2.05) is 0 Å². The predicted molar refractivity (Wildman–Crippen MR) is 63.7 cm³/mol. The maximum Gasteiger partial charge on any atom is 0.262 e. The van der Waals surface area contributed by atoms with Crippen molar-refractivity contribution in [3.8, 4) is 5.75 Å². The summed E-state index contributed by atoms with van der Waals surface area (Å²) in [5.41, 5.74) is 0.848. The van der Waals surface area contributed by atoms with Crippen molar-refractivity contribution in [3.63, 3.8) is 0 Å². The van der Waals surface area contributed by atoms with Crippen LogP contribution < -0.4 is 5.01 Å². The van der Waals surface area contributed by atoms with E-state index in [0.29, 0.717) is 0 Å². The molecule has 1 aliphatic heterocycles. The third kappa shape index (κ3) is 1.53. The van der Waals surface area contributed by atoms with Gasteiger partial charge in [0.05, 0.1) is 0 Å². The molecule has 2 atom stereocenters. The molecule has 92 valence electrons. The van der Waals surface area contributed by atoms with Crippen LogP contribution in [0.15, 0.2) is 36.9 Å². The van der Waals surface area contributed by atoms with Crippen molar-refractivity contribution < 1.29 is 9.90 Å². The van der Waals surface area contributed by atoms with E-state index in [-0.39, 0.29) is 17.7 Å². The van der Waals surface area contributed by atoms with Crippen molar-refractivity contribution in [2.45, 2.75) is 11.4 Å². The van der Waals surface area contributed by atoms with Crippen molar-refractivity contribution in [2.24, 2.45) is 0 Å². The van der Waals surface area contributed by atoms with Gasteiger partial charge in [-0.3, -0.25) is 4.79 Å². The van der Waals surface area contributed by atoms with Gasteiger partial charge in [-0.1, -0.05) is 12.1 Å². The number of aromatic nitrogens is 3. The maximum atomic E-state index is 11.8. The lowest BCUT2D eigenvalue weighted by molar-refractivity contribution is -0.126. The zero-order valence-electron chi connectivity index (χ0n) is 9.14. The summed E-state index contributed by atoms with van der Waals surface area (Å²) in [5.74, 6) is -0.0269. The number of carbonyl (C=O) groups excluding carboxylic acids is 1. The molecular formula is C11H9ClN4O2. The minimum atomic E-state index is -0.614. The van der Waals surface area contributed by atoms with Crippen molar-refractivity contribution in [3.05, 3.63) is 42.5 Å². The topological polar surface area (TPSA) is 71.2 Å². The summed E-state index contributed by atoms with van der Waals surface area (Å²) in [6.45, 7) is 0. The maximum absolute atomic E-state index is 11.8. The number of carbonyl (C=O) groups is 1. The van der Waals surface area contributed by atoms with E-state index in [9.17, 15) is 9.90 Å². The second-order valence-corrected chi connectivity index (χ2v) is 4.43. The molecule has 0 aliphatic carbocycles. The minimum Gasteiger partial charge on any atom is -0.508 e. The molecule has 0 saturated carbocycles. The van der Waals surface area contributed by atoms with E-state index < -0.39 is 5.38 Å². The molecule has 1 aliphatic rings. The number of rotatable bonds is 2. The number of amides is 1. The first-order valence-electron chi connectivity index (χ1n) is 5.29. The highest BCUT2D eigenvalue weighted by Crippen LogP contribution is 2.37. The Balaban J connectivity index is 1.95. The molecule has 2 heterocycles. The molecule has 0 spiro atoms. The van der Waals surface area contributed by atoms with Crippen LogP contribution in [0.5, 0.6) is 5.75 Å². The number of hydrogen-bond acceptors (Lipinski definition) is 4. The van der Waals surface area contributed by atoms with Crippen LogP contribution in [0.1, 0.15) is 11.6 Å². The van der Waals surface area contributed by atoms with E-state index in [4.69, 9.17) is 11.6 Å². The Bertz CT molecular complexity index is 569. The highest BCUT2D eigenvalue weighted by molar-refractivity contribution is 6.36. The van der Waals surface area contributed by atoms with Crippen molar-refractivity contribution in [1.29, 1.82) is 0 Å². The largest absolute Gasteiger partial charge is 0.508 e. The van der Waals surface area contributed by atoms with Crippen molar-refractivity contribution in [1.82, 2.24) is 14.9 Å². The van der Waals surface area contributed by atoms with Crippen LogP contribution in [0.3, 0.4) is 0 Å². The molecule has 1 amide bonds. The van der Waals surface area contributed by atoms with Gasteiger partial charge >= 0.3 is 0 Å². The summed E-state index contributed by atoms with van der Waals surface area (Å²) in [7, 11) is 0. The normalized spacial score (nSPS) is 22.9. The first kappa shape index (κ1) is 11.0. The predicted octanol–water partition coefficient (Wildman–Crippen LogP) is 0.811. The van der Waals surface area contributed by atoms with Crippen LogP contribution in [-0.4, -0.2) is 31.3 Å². The Labute approximate surface area is 107 Å². The Kier molecular flexibility index (Phi) is 2.45. The molecule has 1 saturated heterocycles. The molecule has 0 bridgehead atoms. The summed E-state index contributed by atoms with van der Waals surface area (Å²) in [4.78, 5) is 11.8. The van der Waals surface area contributed by atoms with Gasteiger partial charge in [0.25, 0.3) is 5.91 Å². The lowest BCUT2D eigenvalue weighted by Crippen LogP contribution is -2.61. The van der Waals surface area contributed by atoms with Crippen LogP contribution in [0.4, 0.5) is 0 Å². The van der Waals surface area contributed by atoms with Gasteiger partial charge in [-0.2, -0.15) is 0 Å². The molecular weight excluding hydrogens is 256 g/mol. The Morgan fingerprint density at radius 1 is 1.17 bits per heavy atom. The van der Waals surface area contributed by atoms with Crippen LogP contribution in [0, 0.1) is 0 Å². The van der Waals surface area contributed by atoms with Crippen LogP contribution in [0.2, 0.25) is 0 Å². The van der Waals surface area contributed by atoms with Crippen LogP contribution in [0.25, 0.3) is 0 Å².